The van der Waals surface area contributed by atoms with E-state index < -0.39 is 0 Å². The second kappa shape index (κ2) is 7.69. The van der Waals surface area contributed by atoms with Crippen LogP contribution in [0.15, 0.2) is 53.6 Å². The first-order chi connectivity index (χ1) is 11.6. The molecule has 1 saturated heterocycles. The smallest absolute Gasteiger partial charge is 0.124 e. The third kappa shape index (κ3) is 4.08. The molecule has 2 aromatic carbocycles. The number of benzene rings is 2. The van der Waals surface area contributed by atoms with E-state index in [0.717, 1.165) is 49.0 Å². The molecule has 0 unspecified atom stereocenters. The Hall–Kier alpha value is -2.04. The lowest BCUT2D eigenvalue weighted by Crippen LogP contribution is -2.43. The van der Waals surface area contributed by atoms with Gasteiger partial charge in [0.1, 0.15) is 5.75 Å². The van der Waals surface area contributed by atoms with Crippen LogP contribution in [-0.2, 0) is 6.54 Å². The monoisotopic (exact) mass is 343 g/mol. The van der Waals surface area contributed by atoms with Gasteiger partial charge < -0.3 is 5.11 Å². The molecule has 0 spiro atoms. The van der Waals surface area contributed by atoms with Gasteiger partial charge in [-0.05, 0) is 30.7 Å². The molecule has 1 N–H and O–H groups in total. The van der Waals surface area contributed by atoms with Crippen LogP contribution in [0.2, 0.25) is 5.02 Å². The first-order valence-corrected chi connectivity index (χ1v) is 8.55. The van der Waals surface area contributed by atoms with Crippen LogP contribution in [0.4, 0.5) is 0 Å². The number of halogens is 1. The summed E-state index contributed by atoms with van der Waals surface area (Å²) >= 11 is 6.24. The number of hydrogen-bond donors (Lipinski definition) is 1. The Morgan fingerprint density at radius 1 is 1.04 bits per heavy atom. The summed E-state index contributed by atoms with van der Waals surface area (Å²) in [4.78, 5) is 2.39. The number of piperazine rings is 1. The average molecular weight is 344 g/mol. The Labute approximate surface area is 148 Å². The van der Waals surface area contributed by atoms with Crippen LogP contribution in [0.3, 0.4) is 0 Å². The van der Waals surface area contributed by atoms with Crippen LogP contribution in [0, 0.1) is 0 Å². The van der Waals surface area contributed by atoms with Crippen molar-refractivity contribution in [3.05, 3.63) is 64.7 Å². The second-order valence-corrected chi connectivity index (χ2v) is 6.43. The minimum Gasteiger partial charge on any atom is -0.507 e. The normalized spacial score (nSPS) is 16.4. The van der Waals surface area contributed by atoms with Crippen molar-refractivity contribution in [2.24, 2.45) is 5.10 Å². The number of aromatic hydroxyl groups is 1. The van der Waals surface area contributed by atoms with E-state index in [1.165, 1.54) is 5.56 Å². The molecule has 1 aliphatic heterocycles. The van der Waals surface area contributed by atoms with Gasteiger partial charge in [-0.25, -0.2) is 0 Å². The fraction of sp³-hybridized carbons (Fsp3) is 0.316. The topological polar surface area (TPSA) is 39.1 Å². The predicted octanol–water partition coefficient (Wildman–Crippen LogP) is 3.59. The molecular weight excluding hydrogens is 322 g/mol. The Morgan fingerprint density at radius 3 is 2.42 bits per heavy atom. The van der Waals surface area contributed by atoms with Gasteiger partial charge in [-0.3, -0.25) is 9.91 Å². The van der Waals surface area contributed by atoms with Crippen molar-refractivity contribution in [1.29, 1.82) is 0 Å². The molecule has 1 fully saturated rings. The summed E-state index contributed by atoms with van der Waals surface area (Å²) < 4.78 is 0. The van der Waals surface area contributed by atoms with Crippen molar-refractivity contribution in [2.45, 2.75) is 13.5 Å². The van der Waals surface area contributed by atoms with Crippen molar-refractivity contribution in [1.82, 2.24) is 9.91 Å². The van der Waals surface area contributed by atoms with Crippen LogP contribution in [0.25, 0.3) is 0 Å². The average Bonchev–Trinajstić information content (AvgIpc) is 2.59. The molecule has 1 heterocycles. The highest BCUT2D eigenvalue weighted by Crippen LogP contribution is 2.19. The highest BCUT2D eigenvalue weighted by atomic mass is 35.5. The van der Waals surface area contributed by atoms with E-state index in [1.807, 2.05) is 43.3 Å². The van der Waals surface area contributed by atoms with Crippen molar-refractivity contribution >= 4 is 17.3 Å². The zero-order valence-corrected chi connectivity index (χ0v) is 14.6. The van der Waals surface area contributed by atoms with E-state index in [0.29, 0.717) is 0 Å². The summed E-state index contributed by atoms with van der Waals surface area (Å²) in [6.45, 7) is 6.44. The van der Waals surface area contributed by atoms with Gasteiger partial charge in [0.25, 0.3) is 0 Å². The van der Waals surface area contributed by atoms with Gasteiger partial charge in [-0.15, -0.1) is 0 Å². The summed E-state index contributed by atoms with van der Waals surface area (Å²) in [6.07, 6.45) is 0. The lowest BCUT2D eigenvalue weighted by molar-refractivity contribution is 0.130. The fourth-order valence-corrected chi connectivity index (χ4v) is 3.10. The molecule has 0 bridgehead atoms. The SMILES string of the molecule is CC(=NN1CCN(Cc2ccccc2Cl)CC1)c1ccccc1O. The van der Waals surface area contributed by atoms with Crippen LogP contribution in [0.5, 0.6) is 5.75 Å². The van der Waals surface area contributed by atoms with Gasteiger partial charge in [0.05, 0.1) is 5.71 Å². The van der Waals surface area contributed by atoms with E-state index in [2.05, 4.69) is 21.1 Å². The Kier molecular flexibility index (Phi) is 5.38. The van der Waals surface area contributed by atoms with Gasteiger partial charge in [0.15, 0.2) is 0 Å². The number of phenols is 1. The van der Waals surface area contributed by atoms with Crippen molar-refractivity contribution in [3.8, 4) is 5.75 Å². The zero-order chi connectivity index (χ0) is 16.9. The van der Waals surface area contributed by atoms with Crippen LogP contribution >= 0.6 is 11.6 Å². The largest absolute Gasteiger partial charge is 0.507 e. The van der Waals surface area contributed by atoms with Crippen molar-refractivity contribution in [2.75, 3.05) is 26.2 Å². The summed E-state index contributed by atoms with van der Waals surface area (Å²) in [5, 5.41) is 17.5. The number of rotatable bonds is 4. The number of nitrogens with zero attached hydrogens (tertiary/aromatic N) is 3. The van der Waals surface area contributed by atoms with E-state index in [9.17, 15) is 5.11 Å². The van der Waals surface area contributed by atoms with Gasteiger partial charge >= 0.3 is 0 Å². The molecule has 0 radical (unpaired) electrons. The van der Waals surface area contributed by atoms with Gasteiger partial charge in [0.2, 0.25) is 0 Å². The van der Waals surface area contributed by atoms with Gasteiger partial charge in [-0.2, -0.15) is 5.10 Å². The maximum atomic E-state index is 9.92. The summed E-state index contributed by atoms with van der Waals surface area (Å²) in [5.41, 5.74) is 2.80. The number of phenolic OH excluding ortho intramolecular Hbond substituents is 1. The molecular formula is C19H22ClN3O. The minimum atomic E-state index is 0.274. The van der Waals surface area contributed by atoms with E-state index >= 15 is 0 Å². The molecule has 3 rings (SSSR count). The maximum absolute atomic E-state index is 9.92. The quantitative estimate of drug-likeness (QED) is 0.862. The van der Waals surface area contributed by atoms with Crippen molar-refractivity contribution in [3.63, 3.8) is 0 Å². The van der Waals surface area contributed by atoms with E-state index in [4.69, 9.17) is 11.6 Å². The standard InChI is InChI=1S/C19H22ClN3O/c1-15(17-7-3-5-9-19(17)24)21-23-12-10-22(11-13-23)14-16-6-2-4-8-18(16)20/h2-9,24H,10-14H2,1H3. The highest BCUT2D eigenvalue weighted by molar-refractivity contribution is 6.31. The maximum Gasteiger partial charge on any atom is 0.124 e. The molecule has 2 aromatic rings. The summed E-state index contributed by atoms with van der Waals surface area (Å²) in [5.74, 6) is 0.274. The Balaban J connectivity index is 1.58. The Bertz CT molecular complexity index is 724. The molecule has 0 amide bonds. The van der Waals surface area contributed by atoms with Gasteiger partial charge in [0, 0.05) is 43.3 Å². The second-order valence-electron chi connectivity index (χ2n) is 6.02. The zero-order valence-electron chi connectivity index (χ0n) is 13.8. The third-order valence-corrected chi connectivity index (χ3v) is 4.65. The molecule has 0 aliphatic carbocycles. The Morgan fingerprint density at radius 2 is 1.71 bits per heavy atom. The van der Waals surface area contributed by atoms with Crippen LogP contribution < -0.4 is 0 Å². The lowest BCUT2D eigenvalue weighted by Gasteiger charge is -2.33. The number of para-hydroxylation sites is 1. The number of hydrazone groups is 1. The molecule has 126 valence electrons. The fourth-order valence-electron chi connectivity index (χ4n) is 2.91. The highest BCUT2D eigenvalue weighted by Gasteiger charge is 2.17. The summed E-state index contributed by atoms with van der Waals surface area (Å²) in [7, 11) is 0. The molecule has 0 aromatic heterocycles. The van der Waals surface area contributed by atoms with Crippen LogP contribution in [-0.4, -0.2) is 46.9 Å². The lowest BCUT2D eigenvalue weighted by atomic mass is 10.1. The summed E-state index contributed by atoms with van der Waals surface area (Å²) in [6, 6.07) is 15.3. The predicted molar refractivity (Wildman–Crippen MR) is 98.6 cm³/mol. The van der Waals surface area contributed by atoms with Gasteiger partial charge in [-0.1, -0.05) is 41.9 Å². The molecule has 5 heteroatoms. The molecule has 1 aliphatic rings. The number of hydrogen-bond acceptors (Lipinski definition) is 4. The molecule has 0 atom stereocenters. The first-order valence-electron chi connectivity index (χ1n) is 8.18. The molecule has 4 nitrogen and oxygen atoms in total. The molecule has 0 saturated carbocycles. The van der Waals surface area contributed by atoms with E-state index in [1.54, 1.807) is 6.07 Å². The molecule has 24 heavy (non-hydrogen) atoms. The van der Waals surface area contributed by atoms with E-state index in [-0.39, 0.29) is 5.75 Å². The first kappa shape index (κ1) is 16.8. The van der Waals surface area contributed by atoms with Crippen LogP contribution in [0.1, 0.15) is 18.1 Å². The van der Waals surface area contributed by atoms with Crippen molar-refractivity contribution < 1.29 is 5.11 Å². The third-order valence-electron chi connectivity index (χ3n) is 4.29. The minimum absolute atomic E-state index is 0.274.